The maximum Gasteiger partial charge on any atom is 0.269 e. The number of hydrogen-bond acceptors (Lipinski definition) is 7. The number of fused-ring (bicyclic) bond motifs is 3. The summed E-state index contributed by atoms with van der Waals surface area (Å²) in [4.78, 5) is 21.3. The molecule has 2 heterocycles. The van der Waals surface area contributed by atoms with E-state index < -0.39 is 11.0 Å². The number of nitro groups is 1. The predicted molar refractivity (Wildman–Crippen MR) is 96.0 cm³/mol. The maximum atomic E-state index is 10.7. The summed E-state index contributed by atoms with van der Waals surface area (Å²) in [6, 6.07) is 5.94. The molecule has 1 aromatic carbocycles. The molecular formula is C17H16N4O3S. The number of aromatic nitrogens is 2. The molecule has 0 saturated heterocycles. The number of thiophene rings is 1. The molecule has 128 valence electrons. The van der Waals surface area contributed by atoms with Gasteiger partial charge in [0.25, 0.3) is 5.69 Å². The molecule has 1 aliphatic carbocycles. The summed E-state index contributed by atoms with van der Waals surface area (Å²) in [7, 11) is 0. The van der Waals surface area contributed by atoms with Crippen LogP contribution in [-0.2, 0) is 12.8 Å². The van der Waals surface area contributed by atoms with Crippen molar-refractivity contribution in [3.05, 3.63) is 56.7 Å². The predicted octanol–water partition coefficient (Wildman–Crippen LogP) is 3.23. The van der Waals surface area contributed by atoms with Crippen LogP contribution in [0, 0.1) is 10.1 Å². The Morgan fingerprint density at radius 2 is 2.08 bits per heavy atom. The normalized spacial score (nSPS) is 14.4. The van der Waals surface area contributed by atoms with E-state index in [1.54, 1.807) is 23.5 Å². The molecule has 25 heavy (non-hydrogen) atoms. The van der Waals surface area contributed by atoms with Gasteiger partial charge in [-0.25, -0.2) is 9.97 Å². The van der Waals surface area contributed by atoms with Gasteiger partial charge in [-0.1, -0.05) is 0 Å². The van der Waals surface area contributed by atoms with Crippen LogP contribution in [0.15, 0.2) is 30.6 Å². The summed E-state index contributed by atoms with van der Waals surface area (Å²) < 4.78 is 0. The van der Waals surface area contributed by atoms with Gasteiger partial charge >= 0.3 is 0 Å². The molecule has 3 aromatic rings. The van der Waals surface area contributed by atoms with Crippen molar-refractivity contribution in [2.24, 2.45) is 0 Å². The van der Waals surface area contributed by atoms with E-state index in [-0.39, 0.29) is 12.2 Å². The second-order valence-corrected chi connectivity index (χ2v) is 7.09. The Labute approximate surface area is 147 Å². The Bertz CT molecular complexity index is 939. The molecule has 0 saturated carbocycles. The zero-order valence-corrected chi connectivity index (χ0v) is 14.1. The van der Waals surface area contributed by atoms with Gasteiger partial charge < -0.3 is 10.4 Å². The van der Waals surface area contributed by atoms with Gasteiger partial charge in [-0.05, 0) is 42.5 Å². The van der Waals surface area contributed by atoms with Gasteiger partial charge in [-0.3, -0.25) is 10.1 Å². The van der Waals surface area contributed by atoms with Gasteiger partial charge in [0.1, 0.15) is 17.0 Å². The fourth-order valence-electron chi connectivity index (χ4n) is 3.19. The number of hydrogen-bond donors (Lipinski definition) is 2. The highest BCUT2D eigenvalue weighted by molar-refractivity contribution is 7.19. The molecule has 0 spiro atoms. The second-order valence-electron chi connectivity index (χ2n) is 6.01. The molecule has 4 rings (SSSR count). The van der Waals surface area contributed by atoms with E-state index in [2.05, 4.69) is 15.3 Å². The third-order valence-electron chi connectivity index (χ3n) is 4.45. The monoisotopic (exact) mass is 356 g/mol. The summed E-state index contributed by atoms with van der Waals surface area (Å²) in [6.07, 6.45) is 4.06. The lowest BCUT2D eigenvalue weighted by atomic mass is 10.1. The highest BCUT2D eigenvalue weighted by Gasteiger charge is 2.21. The van der Waals surface area contributed by atoms with E-state index in [9.17, 15) is 15.2 Å². The summed E-state index contributed by atoms with van der Waals surface area (Å²) in [5.74, 6) is 0.741. The van der Waals surface area contributed by atoms with Crippen molar-refractivity contribution in [3.8, 4) is 0 Å². The zero-order chi connectivity index (χ0) is 17.4. The highest BCUT2D eigenvalue weighted by atomic mass is 32.1. The first-order valence-electron chi connectivity index (χ1n) is 8.05. The first kappa shape index (κ1) is 15.9. The van der Waals surface area contributed by atoms with Crippen LogP contribution in [0.25, 0.3) is 10.2 Å². The summed E-state index contributed by atoms with van der Waals surface area (Å²) in [6.45, 7) is 0.272. The van der Waals surface area contributed by atoms with Gasteiger partial charge in [-0.15, -0.1) is 11.3 Å². The van der Waals surface area contributed by atoms with Gasteiger partial charge in [-0.2, -0.15) is 0 Å². The van der Waals surface area contributed by atoms with Crippen molar-refractivity contribution in [2.45, 2.75) is 25.4 Å². The Kier molecular flexibility index (Phi) is 4.06. The fraction of sp³-hybridized carbons (Fsp3) is 0.294. The van der Waals surface area contributed by atoms with Crippen LogP contribution in [0.3, 0.4) is 0 Å². The molecule has 0 fully saturated rings. The minimum absolute atomic E-state index is 0.00949. The molecule has 0 unspecified atom stereocenters. The number of rotatable bonds is 5. The van der Waals surface area contributed by atoms with E-state index >= 15 is 0 Å². The smallest absolute Gasteiger partial charge is 0.269 e. The van der Waals surface area contributed by atoms with Crippen LogP contribution in [0.2, 0.25) is 0 Å². The minimum Gasteiger partial charge on any atom is -0.387 e. The SMILES string of the molecule is O=[N+]([O-])c1ccc([C@@H](O)CNc2ncnc3sc4c(c23)CCC4)cc1. The lowest BCUT2D eigenvalue weighted by molar-refractivity contribution is -0.384. The number of non-ortho nitro benzene ring substituents is 1. The van der Waals surface area contributed by atoms with Crippen LogP contribution in [0.5, 0.6) is 0 Å². The maximum absolute atomic E-state index is 10.7. The van der Waals surface area contributed by atoms with Crippen molar-refractivity contribution in [1.82, 2.24) is 9.97 Å². The van der Waals surface area contributed by atoms with Crippen molar-refractivity contribution in [1.29, 1.82) is 0 Å². The lowest BCUT2D eigenvalue weighted by Crippen LogP contribution is -2.13. The van der Waals surface area contributed by atoms with E-state index in [0.717, 1.165) is 35.3 Å². The molecule has 0 radical (unpaired) electrons. The van der Waals surface area contributed by atoms with Gasteiger partial charge in [0.15, 0.2) is 0 Å². The summed E-state index contributed by atoms with van der Waals surface area (Å²) in [5.41, 5.74) is 1.96. The van der Waals surface area contributed by atoms with Gasteiger partial charge in [0.05, 0.1) is 16.4 Å². The van der Waals surface area contributed by atoms with Crippen LogP contribution in [-0.4, -0.2) is 26.5 Å². The average molecular weight is 356 g/mol. The largest absolute Gasteiger partial charge is 0.387 e. The molecule has 1 aliphatic rings. The van der Waals surface area contributed by atoms with Crippen molar-refractivity contribution < 1.29 is 10.0 Å². The number of benzene rings is 1. The Hall–Kier alpha value is -2.58. The molecule has 1 atom stereocenters. The summed E-state index contributed by atoms with van der Waals surface area (Å²) >= 11 is 1.72. The summed E-state index contributed by atoms with van der Waals surface area (Å²) in [5, 5.41) is 25.3. The topological polar surface area (TPSA) is 101 Å². The molecule has 2 aromatic heterocycles. The fourth-order valence-corrected chi connectivity index (χ4v) is 4.42. The first-order chi connectivity index (χ1) is 12.1. The first-order valence-corrected chi connectivity index (χ1v) is 8.86. The van der Waals surface area contributed by atoms with Crippen LogP contribution in [0.1, 0.15) is 28.5 Å². The number of aryl methyl sites for hydroxylation is 2. The molecule has 7 nitrogen and oxygen atoms in total. The molecule has 0 bridgehead atoms. The third-order valence-corrected chi connectivity index (χ3v) is 5.65. The van der Waals surface area contributed by atoms with E-state index in [1.807, 2.05) is 0 Å². The van der Waals surface area contributed by atoms with Crippen molar-refractivity contribution >= 4 is 33.1 Å². The number of nitrogens with one attached hydrogen (secondary N) is 1. The minimum atomic E-state index is -0.780. The molecule has 8 heteroatoms. The van der Waals surface area contributed by atoms with Crippen molar-refractivity contribution in [2.75, 3.05) is 11.9 Å². The number of anilines is 1. The Morgan fingerprint density at radius 3 is 2.84 bits per heavy atom. The van der Waals surface area contributed by atoms with Crippen molar-refractivity contribution in [3.63, 3.8) is 0 Å². The number of aliphatic hydroxyl groups is 1. The van der Waals surface area contributed by atoms with E-state index in [1.165, 1.54) is 28.9 Å². The standard InChI is InChI=1S/C17H16N4O3S/c22-13(10-4-6-11(7-5-10)21(23)24)8-18-16-15-12-2-1-3-14(12)25-17(15)20-9-19-16/h4-7,9,13,22H,1-3,8H2,(H,18,19,20)/t13-/m0/s1. The molecule has 0 aliphatic heterocycles. The number of nitro benzene ring substituents is 1. The average Bonchev–Trinajstić information content (AvgIpc) is 3.20. The van der Waals surface area contributed by atoms with Crippen LogP contribution in [0.4, 0.5) is 11.5 Å². The van der Waals surface area contributed by atoms with Crippen LogP contribution < -0.4 is 5.32 Å². The Balaban J connectivity index is 1.53. The quantitative estimate of drug-likeness (QED) is 0.538. The van der Waals surface area contributed by atoms with Gasteiger partial charge in [0.2, 0.25) is 0 Å². The van der Waals surface area contributed by atoms with E-state index in [4.69, 9.17) is 0 Å². The molecular weight excluding hydrogens is 340 g/mol. The highest BCUT2D eigenvalue weighted by Crippen LogP contribution is 2.39. The zero-order valence-electron chi connectivity index (χ0n) is 13.3. The van der Waals surface area contributed by atoms with E-state index in [0.29, 0.717) is 5.56 Å². The second kappa shape index (κ2) is 6.38. The van der Waals surface area contributed by atoms with Crippen LogP contribution >= 0.6 is 11.3 Å². The number of nitrogens with zero attached hydrogens (tertiary/aromatic N) is 3. The molecule has 0 amide bonds. The molecule has 2 N–H and O–H groups in total. The Morgan fingerprint density at radius 1 is 1.28 bits per heavy atom. The third kappa shape index (κ3) is 2.94. The lowest BCUT2D eigenvalue weighted by Gasteiger charge is -2.13. The van der Waals surface area contributed by atoms with Gasteiger partial charge in [0, 0.05) is 23.6 Å². The number of aliphatic hydroxyl groups excluding tert-OH is 1.